The van der Waals surface area contributed by atoms with Crippen LogP contribution in [0.5, 0.6) is 0 Å². The van der Waals surface area contributed by atoms with Crippen molar-refractivity contribution in [2.45, 2.75) is 6.54 Å². The van der Waals surface area contributed by atoms with Gasteiger partial charge in [0.1, 0.15) is 5.01 Å². The molecule has 2 rings (SSSR count). The van der Waals surface area contributed by atoms with Gasteiger partial charge in [0.2, 0.25) is 0 Å². The van der Waals surface area contributed by atoms with Gasteiger partial charge in [-0.25, -0.2) is 4.98 Å². The van der Waals surface area contributed by atoms with Crippen molar-refractivity contribution in [3.05, 3.63) is 34.9 Å². The predicted molar refractivity (Wildman–Crippen MR) is 58.1 cm³/mol. The number of nitrogens with one attached hydrogen (secondary N) is 1. The molecule has 2 heterocycles. The van der Waals surface area contributed by atoms with E-state index in [0.717, 1.165) is 22.8 Å². The van der Waals surface area contributed by atoms with Gasteiger partial charge in [0.05, 0.1) is 5.69 Å². The Hall–Kier alpha value is -1.26. The van der Waals surface area contributed by atoms with Crippen LogP contribution < -0.4 is 5.32 Å². The molecule has 0 aromatic carbocycles. The molecule has 1 N–H and O–H groups in total. The van der Waals surface area contributed by atoms with Crippen molar-refractivity contribution in [2.75, 3.05) is 7.05 Å². The van der Waals surface area contributed by atoms with E-state index in [1.54, 1.807) is 23.7 Å². The fourth-order valence-corrected chi connectivity index (χ4v) is 2.01. The maximum Gasteiger partial charge on any atom is 0.107 e. The molecule has 0 unspecified atom stereocenters. The van der Waals surface area contributed by atoms with Crippen LogP contribution in [0.2, 0.25) is 0 Å². The van der Waals surface area contributed by atoms with Gasteiger partial charge >= 0.3 is 0 Å². The highest BCUT2D eigenvalue weighted by Gasteiger charge is 2.02. The van der Waals surface area contributed by atoms with E-state index in [1.165, 1.54) is 0 Å². The standard InChI is InChI=1S/C10H11N3S/c1-11-6-10-13-9(7-14-10)8-2-4-12-5-3-8/h2-5,7,11H,6H2,1H3. The first-order valence-electron chi connectivity index (χ1n) is 4.39. The minimum atomic E-state index is 0.829. The Morgan fingerprint density at radius 2 is 2.14 bits per heavy atom. The van der Waals surface area contributed by atoms with E-state index in [-0.39, 0.29) is 0 Å². The van der Waals surface area contributed by atoms with Crippen LogP contribution in [0.25, 0.3) is 11.3 Å². The monoisotopic (exact) mass is 205 g/mol. The third-order valence-corrected chi connectivity index (χ3v) is 2.70. The second kappa shape index (κ2) is 4.30. The average molecular weight is 205 g/mol. The molecule has 0 aliphatic carbocycles. The van der Waals surface area contributed by atoms with Crippen molar-refractivity contribution in [3.8, 4) is 11.3 Å². The fourth-order valence-electron chi connectivity index (χ4n) is 1.20. The Labute approximate surface area is 86.8 Å². The summed E-state index contributed by atoms with van der Waals surface area (Å²) in [6, 6.07) is 3.94. The van der Waals surface area contributed by atoms with Gasteiger partial charge in [-0.15, -0.1) is 11.3 Å². The largest absolute Gasteiger partial charge is 0.314 e. The van der Waals surface area contributed by atoms with Crippen LogP contribution >= 0.6 is 11.3 Å². The minimum Gasteiger partial charge on any atom is -0.314 e. The number of hydrogen-bond acceptors (Lipinski definition) is 4. The summed E-state index contributed by atoms with van der Waals surface area (Å²) in [5.74, 6) is 0. The molecule has 0 saturated carbocycles. The highest BCUT2D eigenvalue weighted by molar-refractivity contribution is 7.09. The van der Waals surface area contributed by atoms with Crippen molar-refractivity contribution in [1.82, 2.24) is 15.3 Å². The minimum absolute atomic E-state index is 0.829. The number of nitrogens with zero attached hydrogens (tertiary/aromatic N) is 2. The van der Waals surface area contributed by atoms with Crippen molar-refractivity contribution >= 4 is 11.3 Å². The van der Waals surface area contributed by atoms with E-state index in [0.29, 0.717) is 0 Å². The summed E-state index contributed by atoms with van der Waals surface area (Å²) >= 11 is 1.67. The summed E-state index contributed by atoms with van der Waals surface area (Å²) in [5.41, 5.74) is 2.15. The number of thiazole rings is 1. The van der Waals surface area contributed by atoms with Crippen LogP contribution in [0.1, 0.15) is 5.01 Å². The van der Waals surface area contributed by atoms with Crippen LogP contribution in [-0.4, -0.2) is 17.0 Å². The Kier molecular flexibility index (Phi) is 2.86. The van der Waals surface area contributed by atoms with E-state index < -0.39 is 0 Å². The molecule has 0 saturated heterocycles. The van der Waals surface area contributed by atoms with Crippen molar-refractivity contribution in [1.29, 1.82) is 0 Å². The zero-order valence-electron chi connectivity index (χ0n) is 7.90. The average Bonchev–Trinajstić information content (AvgIpc) is 2.68. The molecule has 14 heavy (non-hydrogen) atoms. The predicted octanol–water partition coefficient (Wildman–Crippen LogP) is 1.92. The normalized spacial score (nSPS) is 10.4. The lowest BCUT2D eigenvalue weighted by molar-refractivity contribution is 0.811. The molecule has 2 aromatic rings. The first-order chi connectivity index (χ1) is 6.90. The lowest BCUT2D eigenvalue weighted by atomic mass is 10.2. The Balaban J connectivity index is 2.25. The molecular weight excluding hydrogens is 194 g/mol. The van der Waals surface area contributed by atoms with Crippen molar-refractivity contribution < 1.29 is 0 Å². The van der Waals surface area contributed by atoms with Crippen molar-refractivity contribution in [3.63, 3.8) is 0 Å². The highest BCUT2D eigenvalue weighted by Crippen LogP contribution is 2.20. The van der Waals surface area contributed by atoms with Gasteiger partial charge < -0.3 is 5.32 Å². The fraction of sp³-hybridized carbons (Fsp3) is 0.200. The quantitative estimate of drug-likeness (QED) is 0.832. The van der Waals surface area contributed by atoms with Gasteiger partial charge in [-0.3, -0.25) is 4.98 Å². The lowest BCUT2D eigenvalue weighted by Crippen LogP contribution is -2.04. The molecule has 0 fully saturated rings. The Bertz CT molecular complexity index is 397. The molecule has 72 valence electrons. The third-order valence-electron chi connectivity index (χ3n) is 1.86. The lowest BCUT2D eigenvalue weighted by Gasteiger charge is -1.94. The second-order valence-electron chi connectivity index (χ2n) is 2.89. The Morgan fingerprint density at radius 1 is 1.36 bits per heavy atom. The molecule has 4 heteroatoms. The van der Waals surface area contributed by atoms with E-state index in [1.807, 2.05) is 19.2 Å². The first-order valence-corrected chi connectivity index (χ1v) is 5.27. The van der Waals surface area contributed by atoms with Crippen LogP contribution in [0, 0.1) is 0 Å². The zero-order valence-corrected chi connectivity index (χ0v) is 8.71. The molecule has 0 radical (unpaired) electrons. The summed E-state index contributed by atoms with van der Waals surface area (Å²) in [6.07, 6.45) is 3.57. The first kappa shape index (κ1) is 9.30. The molecule has 0 aliphatic heterocycles. The molecule has 3 nitrogen and oxygen atoms in total. The molecule has 0 atom stereocenters. The summed E-state index contributed by atoms with van der Waals surface area (Å²) in [6.45, 7) is 0.829. The van der Waals surface area contributed by atoms with Gasteiger partial charge in [0.15, 0.2) is 0 Å². The SMILES string of the molecule is CNCc1nc(-c2ccncc2)cs1. The number of rotatable bonds is 3. The molecule has 0 amide bonds. The van der Waals surface area contributed by atoms with Crippen LogP contribution in [0.15, 0.2) is 29.9 Å². The molecule has 2 aromatic heterocycles. The van der Waals surface area contributed by atoms with Crippen LogP contribution in [-0.2, 0) is 6.54 Å². The number of hydrogen-bond donors (Lipinski definition) is 1. The second-order valence-corrected chi connectivity index (χ2v) is 3.84. The van der Waals surface area contributed by atoms with E-state index in [4.69, 9.17) is 0 Å². The molecule has 0 aliphatic rings. The smallest absolute Gasteiger partial charge is 0.107 e. The summed E-state index contributed by atoms with van der Waals surface area (Å²) in [4.78, 5) is 8.48. The van der Waals surface area contributed by atoms with Gasteiger partial charge in [0.25, 0.3) is 0 Å². The van der Waals surface area contributed by atoms with Gasteiger partial charge in [0, 0.05) is 29.9 Å². The van der Waals surface area contributed by atoms with Crippen LogP contribution in [0.3, 0.4) is 0 Å². The summed E-state index contributed by atoms with van der Waals surface area (Å²) in [7, 11) is 1.92. The van der Waals surface area contributed by atoms with Crippen molar-refractivity contribution in [2.24, 2.45) is 0 Å². The van der Waals surface area contributed by atoms with E-state index in [2.05, 4.69) is 20.7 Å². The maximum atomic E-state index is 4.50. The molecule has 0 bridgehead atoms. The number of pyridine rings is 1. The zero-order chi connectivity index (χ0) is 9.80. The molecule has 0 spiro atoms. The third kappa shape index (κ3) is 1.97. The van der Waals surface area contributed by atoms with Crippen LogP contribution in [0.4, 0.5) is 0 Å². The Morgan fingerprint density at radius 3 is 2.86 bits per heavy atom. The van der Waals surface area contributed by atoms with E-state index >= 15 is 0 Å². The highest BCUT2D eigenvalue weighted by atomic mass is 32.1. The molecular formula is C10H11N3S. The number of aromatic nitrogens is 2. The topological polar surface area (TPSA) is 37.8 Å². The van der Waals surface area contributed by atoms with Gasteiger partial charge in [-0.05, 0) is 19.2 Å². The maximum absolute atomic E-state index is 4.50. The van der Waals surface area contributed by atoms with Gasteiger partial charge in [-0.2, -0.15) is 0 Å². The summed E-state index contributed by atoms with van der Waals surface area (Å²) < 4.78 is 0. The van der Waals surface area contributed by atoms with E-state index in [9.17, 15) is 0 Å². The summed E-state index contributed by atoms with van der Waals surface area (Å²) in [5, 5.41) is 6.27. The van der Waals surface area contributed by atoms with Gasteiger partial charge in [-0.1, -0.05) is 0 Å².